The minimum atomic E-state index is -0.690. The molecular formula is C30H31ClN4O6S. The molecule has 10 nitrogen and oxygen atoms in total. The highest BCUT2D eigenvalue weighted by Crippen LogP contribution is 2.29. The first kappa shape index (κ1) is 30.7. The predicted octanol–water partition coefficient (Wildman–Crippen LogP) is 6.17. The molecule has 2 amide bonds. The number of rotatable bonds is 10. The summed E-state index contributed by atoms with van der Waals surface area (Å²) in [4.78, 5) is 57.9. The Morgan fingerprint density at radius 2 is 1.93 bits per heavy atom. The SMILES string of the molecule is COc1cc2[nH]c(=O)c(C(=O)Nc3cc(C(=O)CC(CCNC(=O)OC(C)(C)C)c4ccsc4)ccc3Cl)cc2cn1. The lowest BCUT2D eigenvalue weighted by atomic mass is 9.90. The second-order valence-electron chi connectivity index (χ2n) is 10.6. The summed E-state index contributed by atoms with van der Waals surface area (Å²) in [5.74, 6) is -0.691. The van der Waals surface area contributed by atoms with E-state index in [9.17, 15) is 19.2 Å². The number of carbonyl (C=O) groups excluding carboxylic acids is 3. The standard InChI is InChI=1S/C30H31ClN4O6S/c1-30(2,3)41-29(39)32-9-7-17(19-8-10-42-16-19)13-25(36)18-5-6-22(31)24(12-18)35-28(38)21-11-20-15-33-26(40-4)14-23(20)34-27(21)37/h5-6,8,10-12,14-17H,7,9,13H2,1-4H3,(H,32,39)(H,34,37)(H,35,38). The maximum absolute atomic E-state index is 13.4. The molecule has 4 aromatic rings. The maximum Gasteiger partial charge on any atom is 0.407 e. The van der Waals surface area contributed by atoms with Gasteiger partial charge in [0.1, 0.15) is 11.2 Å². The molecule has 3 heterocycles. The van der Waals surface area contributed by atoms with Crippen LogP contribution in [-0.2, 0) is 4.74 Å². The fourth-order valence-electron chi connectivity index (χ4n) is 4.24. The topological polar surface area (TPSA) is 139 Å². The molecule has 1 unspecified atom stereocenters. The number of H-pyrrole nitrogens is 1. The van der Waals surface area contributed by atoms with Gasteiger partial charge in [0.2, 0.25) is 5.88 Å². The van der Waals surface area contributed by atoms with E-state index in [1.165, 1.54) is 42.8 Å². The Hall–Kier alpha value is -4.22. The van der Waals surface area contributed by atoms with Gasteiger partial charge in [-0.3, -0.25) is 14.4 Å². The van der Waals surface area contributed by atoms with Gasteiger partial charge in [0.05, 0.1) is 23.3 Å². The molecular weight excluding hydrogens is 580 g/mol. The van der Waals surface area contributed by atoms with Crippen LogP contribution < -0.4 is 20.9 Å². The molecule has 0 radical (unpaired) electrons. The Balaban J connectivity index is 1.47. The minimum absolute atomic E-state index is 0.141. The van der Waals surface area contributed by atoms with Crippen LogP contribution in [0.3, 0.4) is 0 Å². The number of hydrogen-bond donors (Lipinski definition) is 3. The van der Waals surface area contributed by atoms with Crippen LogP contribution in [0.25, 0.3) is 10.9 Å². The maximum atomic E-state index is 13.4. The molecule has 0 aliphatic carbocycles. The van der Waals surface area contributed by atoms with Crippen LogP contribution in [-0.4, -0.2) is 47.0 Å². The molecule has 42 heavy (non-hydrogen) atoms. The fraction of sp³-hybridized carbons (Fsp3) is 0.300. The molecule has 4 rings (SSSR count). The Morgan fingerprint density at radius 3 is 2.62 bits per heavy atom. The molecule has 1 aromatic carbocycles. The number of carbonyl (C=O) groups is 3. The van der Waals surface area contributed by atoms with Gasteiger partial charge in [-0.15, -0.1) is 0 Å². The highest BCUT2D eigenvalue weighted by atomic mass is 35.5. The smallest absolute Gasteiger partial charge is 0.407 e. The summed E-state index contributed by atoms with van der Waals surface area (Å²) in [7, 11) is 1.46. The third-order valence-electron chi connectivity index (χ3n) is 6.30. The summed E-state index contributed by atoms with van der Waals surface area (Å²) in [6.07, 6.45) is 1.66. The van der Waals surface area contributed by atoms with Gasteiger partial charge in [0.15, 0.2) is 5.78 Å². The predicted molar refractivity (Wildman–Crippen MR) is 163 cm³/mol. The number of aromatic nitrogens is 2. The van der Waals surface area contributed by atoms with Gasteiger partial charge in [0.25, 0.3) is 11.5 Å². The number of amides is 2. The third-order valence-corrected chi connectivity index (χ3v) is 7.33. The van der Waals surface area contributed by atoms with Crippen LogP contribution >= 0.6 is 22.9 Å². The Morgan fingerprint density at radius 1 is 1.14 bits per heavy atom. The number of ether oxygens (including phenoxy) is 2. The van der Waals surface area contributed by atoms with Crippen LogP contribution in [0.1, 0.15) is 65.8 Å². The second kappa shape index (κ2) is 13.2. The number of nitrogens with zero attached hydrogens (tertiary/aromatic N) is 1. The molecule has 12 heteroatoms. The second-order valence-corrected chi connectivity index (χ2v) is 11.8. The average molecular weight is 611 g/mol. The van der Waals surface area contributed by atoms with E-state index in [1.54, 1.807) is 32.9 Å². The zero-order valence-electron chi connectivity index (χ0n) is 23.6. The van der Waals surface area contributed by atoms with Crippen molar-refractivity contribution in [1.29, 1.82) is 0 Å². The van der Waals surface area contributed by atoms with Gasteiger partial charge < -0.3 is 25.1 Å². The number of Topliss-reactive ketones (excluding diaryl/α,β-unsaturated/α-hetero) is 1. The van der Waals surface area contributed by atoms with Crippen LogP contribution in [0.5, 0.6) is 5.88 Å². The van der Waals surface area contributed by atoms with Crippen molar-refractivity contribution in [1.82, 2.24) is 15.3 Å². The molecule has 0 fully saturated rings. The summed E-state index contributed by atoms with van der Waals surface area (Å²) in [5, 5.41) is 10.1. The van der Waals surface area contributed by atoms with E-state index < -0.39 is 23.2 Å². The van der Waals surface area contributed by atoms with Crippen LogP contribution in [0.4, 0.5) is 10.5 Å². The Labute approximate surface area is 251 Å². The van der Waals surface area contributed by atoms with Crippen molar-refractivity contribution >= 4 is 57.3 Å². The normalized spacial score (nSPS) is 12.0. The Bertz CT molecular complexity index is 1660. The number of benzene rings is 1. The number of ketones is 1. The monoisotopic (exact) mass is 610 g/mol. The van der Waals surface area contributed by atoms with Crippen LogP contribution in [0.15, 0.2) is 58.1 Å². The molecule has 220 valence electrons. The van der Waals surface area contributed by atoms with Gasteiger partial charge in [0, 0.05) is 36.2 Å². The molecule has 3 N–H and O–H groups in total. The quantitative estimate of drug-likeness (QED) is 0.182. The number of thiophene rings is 1. The van der Waals surface area contributed by atoms with Crippen molar-refractivity contribution in [2.24, 2.45) is 0 Å². The van der Waals surface area contributed by atoms with Gasteiger partial charge in [-0.2, -0.15) is 11.3 Å². The lowest BCUT2D eigenvalue weighted by Crippen LogP contribution is -2.33. The summed E-state index contributed by atoms with van der Waals surface area (Å²) < 4.78 is 10.4. The van der Waals surface area contributed by atoms with Gasteiger partial charge in [-0.1, -0.05) is 11.6 Å². The summed E-state index contributed by atoms with van der Waals surface area (Å²) in [6, 6.07) is 9.54. The molecule has 0 saturated heterocycles. The van der Waals surface area contributed by atoms with Crippen molar-refractivity contribution in [2.45, 2.75) is 45.1 Å². The number of methoxy groups -OCH3 is 1. The number of hydrogen-bond acceptors (Lipinski definition) is 8. The first-order valence-electron chi connectivity index (χ1n) is 13.1. The number of pyridine rings is 2. The van der Waals surface area contributed by atoms with E-state index in [1.807, 2.05) is 16.8 Å². The van der Waals surface area contributed by atoms with E-state index in [-0.39, 0.29) is 34.4 Å². The first-order chi connectivity index (χ1) is 19.9. The van der Waals surface area contributed by atoms with Crippen molar-refractivity contribution in [3.8, 4) is 5.88 Å². The molecule has 3 aromatic heterocycles. The van der Waals surface area contributed by atoms with E-state index in [0.717, 1.165) is 5.56 Å². The molecule has 0 aliphatic heterocycles. The number of fused-ring (bicyclic) bond motifs is 1. The van der Waals surface area contributed by atoms with Gasteiger partial charge in [-0.05, 0) is 79.8 Å². The van der Waals surface area contributed by atoms with Crippen molar-refractivity contribution in [2.75, 3.05) is 19.0 Å². The van der Waals surface area contributed by atoms with E-state index in [4.69, 9.17) is 21.1 Å². The van der Waals surface area contributed by atoms with Gasteiger partial charge in [-0.25, -0.2) is 9.78 Å². The lowest BCUT2D eigenvalue weighted by molar-refractivity contribution is 0.0526. The van der Waals surface area contributed by atoms with E-state index in [2.05, 4.69) is 20.6 Å². The van der Waals surface area contributed by atoms with Crippen LogP contribution in [0.2, 0.25) is 5.02 Å². The number of alkyl carbamates (subject to hydrolysis) is 1. The summed E-state index contributed by atoms with van der Waals surface area (Å²) in [6.45, 7) is 5.69. The molecule has 1 atom stereocenters. The van der Waals surface area contributed by atoms with Gasteiger partial charge >= 0.3 is 6.09 Å². The minimum Gasteiger partial charge on any atom is -0.481 e. The zero-order chi connectivity index (χ0) is 30.4. The number of halogens is 1. The fourth-order valence-corrected chi connectivity index (χ4v) is 5.15. The summed E-state index contributed by atoms with van der Waals surface area (Å²) in [5.41, 5.74) is 0.645. The lowest BCUT2D eigenvalue weighted by Gasteiger charge is -2.21. The number of anilines is 1. The zero-order valence-corrected chi connectivity index (χ0v) is 25.2. The Kier molecular flexibility index (Phi) is 9.64. The number of aromatic amines is 1. The van der Waals surface area contributed by atoms with Crippen molar-refractivity contribution in [3.63, 3.8) is 0 Å². The molecule has 0 bridgehead atoms. The molecule has 0 spiro atoms. The van der Waals surface area contributed by atoms with Crippen molar-refractivity contribution < 1.29 is 23.9 Å². The highest BCUT2D eigenvalue weighted by molar-refractivity contribution is 7.08. The molecule has 0 saturated carbocycles. The largest absolute Gasteiger partial charge is 0.481 e. The molecule has 0 aliphatic rings. The first-order valence-corrected chi connectivity index (χ1v) is 14.5. The highest BCUT2D eigenvalue weighted by Gasteiger charge is 2.21. The number of nitrogens with one attached hydrogen (secondary N) is 3. The van der Waals surface area contributed by atoms with Crippen LogP contribution in [0, 0.1) is 0 Å². The van der Waals surface area contributed by atoms with E-state index >= 15 is 0 Å². The van der Waals surface area contributed by atoms with Crippen molar-refractivity contribution in [3.05, 3.63) is 85.4 Å². The van der Waals surface area contributed by atoms with E-state index in [0.29, 0.717) is 35.3 Å². The average Bonchev–Trinajstić information content (AvgIpc) is 3.47. The third kappa shape index (κ3) is 7.95. The summed E-state index contributed by atoms with van der Waals surface area (Å²) >= 11 is 7.87.